The monoisotopic (exact) mass is 476 g/mol. The fraction of sp³-hybridized carbons (Fsp3) is 0.333. The fourth-order valence-corrected chi connectivity index (χ4v) is 5.50. The van der Waals surface area contributed by atoms with Crippen molar-refractivity contribution in [2.45, 2.75) is 65.2 Å². The molecule has 2 heterocycles. The number of aliphatic imine (C=N–C) groups is 1. The van der Waals surface area contributed by atoms with Crippen LogP contribution in [0.4, 0.5) is 0 Å². The highest BCUT2D eigenvalue weighted by Crippen LogP contribution is 2.36. The van der Waals surface area contributed by atoms with Gasteiger partial charge in [-0.05, 0) is 78.5 Å². The first-order valence-electron chi connectivity index (χ1n) is 13.2. The van der Waals surface area contributed by atoms with Crippen molar-refractivity contribution >= 4 is 39.4 Å². The Balaban J connectivity index is 1.53. The van der Waals surface area contributed by atoms with Gasteiger partial charge in [-0.3, -0.25) is 4.99 Å². The Morgan fingerprint density at radius 3 is 2.39 bits per heavy atom. The van der Waals surface area contributed by atoms with Crippen LogP contribution < -0.4 is 0 Å². The number of nitrogens with zero attached hydrogens (tertiary/aromatic N) is 2. The van der Waals surface area contributed by atoms with Crippen LogP contribution in [0.15, 0.2) is 70.1 Å². The van der Waals surface area contributed by atoms with Crippen LogP contribution in [0.5, 0.6) is 0 Å². The fourth-order valence-electron chi connectivity index (χ4n) is 5.50. The number of pyridine rings is 1. The van der Waals surface area contributed by atoms with E-state index in [9.17, 15) is 0 Å². The van der Waals surface area contributed by atoms with E-state index >= 15 is 0 Å². The zero-order valence-corrected chi connectivity index (χ0v) is 22.1. The van der Waals surface area contributed by atoms with Crippen LogP contribution in [0.25, 0.3) is 33.2 Å². The Labute approximate surface area is 214 Å². The lowest BCUT2D eigenvalue weighted by Crippen LogP contribution is -1.93. The van der Waals surface area contributed by atoms with E-state index < -0.39 is 0 Å². The predicted octanol–water partition coefficient (Wildman–Crippen LogP) is 9.26. The minimum atomic E-state index is 0.362. The van der Waals surface area contributed by atoms with E-state index in [-0.39, 0.29) is 0 Å². The SMILES string of the molecule is C/N=C/C(=C\C=C(/C)c1c(C)ccc2c1oc1nc(C(C)C)ccc12)c1ccc(C2CCCC2)cc1. The highest BCUT2D eigenvalue weighted by Gasteiger charge is 2.17. The van der Waals surface area contributed by atoms with Gasteiger partial charge >= 0.3 is 0 Å². The summed E-state index contributed by atoms with van der Waals surface area (Å²) in [5.74, 6) is 1.09. The van der Waals surface area contributed by atoms with Crippen molar-refractivity contribution in [3.63, 3.8) is 0 Å². The summed E-state index contributed by atoms with van der Waals surface area (Å²) in [6, 6.07) is 17.7. The normalized spacial score (nSPS) is 15.8. The summed E-state index contributed by atoms with van der Waals surface area (Å²) in [7, 11) is 1.83. The van der Waals surface area contributed by atoms with Gasteiger partial charge in [-0.2, -0.15) is 0 Å². The molecule has 4 aromatic rings. The second-order valence-corrected chi connectivity index (χ2v) is 10.4. The molecule has 36 heavy (non-hydrogen) atoms. The van der Waals surface area contributed by atoms with Crippen molar-refractivity contribution in [2.24, 2.45) is 4.99 Å². The maximum absolute atomic E-state index is 6.38. The summed E-state index contributed by atoms with van der Waals surface area (Å²) in [6.45, 7) is 8.62. The van der Waals surface area contributed by atoms with Gasteiger partial charge in [0.05, 0.1) is 0 Å². The quantitative estimate of drug-likeness (QED) is 0.205. The van der Waals surface area contributed by atoms with Gasteiger partial charge in [0, 0.05) is 35.3 Å². The second-order valence-electron chi connectivity index (χ2n) is 10.4. The number of aryl methyl sites for hydroxylation is 1. The zero-order chi connectivity index (χ0) is 25.2. The summed E-state index contributed by atoms with van der Waals surface area (Å²) in [6.07, 6.45) is 11.7. The first-order valence-corrected chi connectivity index (χ1v) is 13.2. The molecule has 0 amide bonds. The molecule has 0 unspecified atom stereocenters. The molecule has 1 aliphatic rings. The van der Waals surface area contributed by atoms with Crippen LogP contribution in [0.1, 0.15) is 86.2 Å². The van der Waals surface area contributed by atoms with Crippen LogP contribution in [0, 0.1) is 6.92 Å². The standard InChI is InChI=1S/C33H36N2O/c1-21(2)30-19-18-29-28-17-11-23(4)31(32(28)36-33(29)35-30)22(3)10-12-27(20-34-5)26-15-13-25(14-16-26)24-8-6-7-9-24/h10-21,24H,6-9H2,1-5H3/b22-10+,27-12+,34-20+. The number of hydrogen-bond acceptors (Lipinski definition) is 3. The van der Waals surface area contributed by atoms with Gasteiger partial charge < -0.3 is 4.42 Å². The highest BCUT2D eigenvalue weighted by atomic mass is 16.3. The van der Waals surface area contributed by atoms with E-state index in [0.29, 0.717) is 11.6 Å². The minimum Gasteiger partial charge on any atom is -0.437 e. The molecule has 0 radical (unpaired) electrons. The molecule has 0 bridgehead atoms. The zero-order valence-electron chi connectivity index (χ0n) is 22.1. The molecular weight excluding hydrogens is 440 g/mol. The molecule has 1 fully saturated rings. The lowest BCUT2D eigenvalue weighted by Gasteiger charge is -2.11. The van der Waals surface area contributed by atoms with Crippen molar-refractivity contribution in [1.82, 2.24) is 4.98 Å². The summed E-state index contributed by atoms with van der Waals surface area (Å²) in [5.41, 5.74) is 9.93. The number of hydrogen-bond donors (Lipinski definition) is 0. The Morgan fingerprint density at radius 1 is 0.972 bits per heavy atom. The molecular formula is C33H36N2O. The van der Waals surface area contributed by atoms with Gasteiger partial charge in [0.2, 0.25) is 5.71 Å². The lowest BCUT2D eigenvalue weighted by molar-refractivity contribution is 0.646. The van der Waals surface area contributed by atoms with E-state index in [1.54, 1.807) is 0 Å². The van der Waals surface area contributed by atoms with E-state index in [4.69, 9.17) is 9.40 Å². The molecule has 0 spiro atoms. The van der Waals surface area contributed by atoms with Gasteiger partial charge in [-0.1, -0.05) is 75.2 Å². The van der Waals surface area contributed by atoms with Crippen molar-refractivity contribution in [3.8, 4) is 0 Å². The number of benzene rings is 2. The largest absolute Gasteiger partial charge is 0.437 e. The maximum Gasteiger partial charge on any atom is 0.227 e. The average molecular weight is 477 g/mol. The second kappa shape index (κ2) is 10.3. The van der Waals surface area contributed by atoms with Gasteiger partial charge in [0.15, 0.2) is 0 Å². The molecule has 5 rings (SSSR count). The first kappa shape index (κ1) is 24.2. The van der Waals surface area contributed by atoms with Gasteiger partial charge in [-0.25, -0.2) is 4.98 Å². The Hall–Kier alpha value is -3.46. The van der Waals surface area contributed by atoms with E-state index in [1.165, 1.54) is 42.4 Å². The molecule has 0 atom stereocenters. The summed E-state index contributed by atoms with van der Waals surface area (Å²) in [4.78, 5) is 9.13. The molecule has 3 nitrogen and oxygen atoms in total. The Bertz CT molecular complexity index is 1480. The van der Waals surface area contributed by atoms with Crippen molar-refractivity contribution in [3.05, 3.63) is 88.6 Å². The van der Waals surface area contributed by atoms with Crippen LogP contribution in [-0.4, -0.2) is 18.2 Å². The van der Waals surface area contributed by atoms with Gasteiger partial charge in [-0.15, -0.1) is 0 Å². The lowest BCUT2D eigenvalue weighted by atomic mass is 9.94. The van der Waals surface area contributed by atoms with E-state index in [0.717, 1.165) is 44.7 Å². The predicted molar refractivity (Wildman–Crippen MR) is 154 cm³/mol. The topological polar surface area (TPSA) is 38.4 Å². The van der Waals surface area contributed by atoms with Crippen molar-refractivity contribution < 1.29 is 4.42 Å². The van der Waals surface area contributed by atoms with Gasteiger partial charge in [0.25, 0.3) is 0 Å². The number of rotatable bonds is 6. The van der Waals surface area contributed by atoms with Crippen molar-refractivity contribution in [2.75, 3.05) is 7.05 Å². The van der Waals surface area contributed by atoms with Crippen LogP contribution in [0.2, 0.25) is 0 Å². The molecule has 1 saturated carbocycles. The van der Waals surface area contributed by atoms with Crippen LogP contribution in [-0.2, 0) is 0 Å². The number of aromatic nitrogens is 1. The average Bonchev–Trinajstić information content (AvgIpc) is 3.54. The third-order valence-corrected chi connectivity index (χ3v) is 7.57. The minimum absolute atomic E-state index is 0.362. The van der Waals surface area contributed by atoms with Gasteiger partial charge in [0.1, 0.15) is 5.58 Å². The molecule has 2 aromatic carbocycles. The van der Waals surface area contributed by atoms with Crippen molar-refractivity contribution in [1.29, 1.82) is 0 Å². The molecule has 0 aliphatic heterocycles. The Kier molecular flexibility index (Phi) is 6.91. The maximum atomic E-state index is 6.38. The summed E-state index contributed by atoms with van der Waals surface area (Å²) >= 11 is 0. The smallest absolute Gasteiger partial charge is 0.227 e. The number of allylic oxidation sites excluding steroid dienone is 4. The highest BCUT2D eigenvalue weighted by molar-refractivity contribution is 6.11. The molecule has 0 N–H and O–H groups in total. The molecule has 1 aliphatic carbocycles. The molecule has 0 saturated heterocycles. The molecule has 2 aromatic heterocycles. The number of fused-ring (bicyclic) bond motifs is 3. The van der Waals surface area contributed by atoms with Crippen LogP contribution in [0.3, 0.4) is 0 Å². The first-order chi connectivity index (χ1) is 17.5. The van der Waals surface area contributed by atoms with Crippen LogP contribution >= 0.6 is 0 Å². The third-order valence-electron chi connectivity index (χ3n) is 7.57. The van der Waals surface area contributed by atoms with E-state index in [2.05, 4.69) is 93.4 Å². The molecule has 3 heteroatoms. The molecule has 184 valence electrons. The van der Waals surface area contributed by atoms with E-state index in [1.807, 2.05) is 13.3 Å². The Morgan fingerprint density at radius 2 is 1.69 bits per heavy atom. The summed E-state index contributed by atoms with van der Waals surface area (Å²) in [5, 5.41) is 2.18. The third kappa shape index (κ3) is 4.67. The summed E-state index contributed by atoms with van der Waals surface area (Å²) < 4.78 is 6.38. The number of furan rings is 1.